The van der Waals surface area contributed by atoms with Crippen LogP contribution in [0.2, 0.25) is 0 Å². The topological polar surface area (TPSA) is 95.0 Å². The SMILES string of the molecule is COc1ccc(NC(=O)CC(CN2CCN(c3ccccn3)CC2)C(=O)O)cc1. The number of carbonyl (C=O) groups excluding carboxylic acids is 1. The fourth-order valence-electron chi connectivity index (χ4n) is 3.35. The summed E-state index contributed by atoms with van der Waals surface area (Å²) >= 11 is 0. The van der Waals surface area contributed by atoms with Crippen LogP contribution in [0.4, 0.5) is 11.5 Å². The number of ether oxygens (including phenoxy) is 1. The van der Waals surface area contributed by atoms with Gasteiger partial charge in [-0.25, -0.2) is 4.98 Å². The molecular weight excluding hydrogens is 372 g/mol. The van der Waals surface area contributed by atoms with Crippen molar-refractivity contribution >= 4 is 23.4 Å². The number of rotatable bonds is 8. The number of carboxylic acids is 1. The van der Waals surface area contributed by atoms with Crippen molar-refractivity contribution in [3.8, 4) is 5.75 Å². The summed E-state index contributed by atoms with van der Waals surface area (Å²) in [4.78, 5) is 32.6. The number of aromatic nitrogens is 1. The quantitative estimate of drug-likeness (QED) is 0.702. The summed E-state index contributed by atoms with van der Waals surface area (Å²) in [6.45, 7) is 3.38. The molecule has 0 saturated carbocycles. The maximum Gasteiger partial charge on any atom is 0.308 e. The molecule has 1 atom stereocenters. The van der Waals surface area contributed by atoms with E-state index >= 15 is 0 Å². The Morgan fingerprint density at radius 3 is 2.45 bits per heavy atom. The van der Waals surface area contributed by atoms with Crippen molar-refractivity contribution in [2.45, 2.75) is 6.42 Å². The van der Waals surface area contributed by atoms with E-state index in [9.17, 15) is 14.7 Å². The predicted octanol–water partition coefficient (Wildman–Crippen LogP) is 1.94. The molecule has 8 heteroatoms. The van der Waals surface area contributed by atoms with Crippen molar-refractivity contribution in [1.29, 1.82) is 0 Å². The van der Waals surface area contributed by atoms with Crippen LogP contribution in [-0.2, 0) is 9.59 Å². The van der Waals surface area contributed by atoms with E-state index in [1.54, 1.807) is 37.6 Å². The lowest BCUT2D eigenvalue weighted by molar-refractivity contribution is -0.144. The van der Waals surface area contributed by atoms with Crippen LogP contribution < -0.4 is 15.0 Å². The summed E-state index contributed by atoms with van der Waals surface area (Å²) in [5.41, 5.74) is 0.615. The van der Waals surface area contributed by atoms with Crippen molar-refractivity contribution < 1.29 is 19.4 Å². The molecule has 0 radical (unpaired) electrons. The number of pyridine rings is 1. The fraction of sp³-hybridized carbons (Fsp3) is 0.381. The minimum Gasteiger partial charge on any atom is -0.497 e. The molecule has 2 aromatic rings. The number of hydrogen-bond donors (Lipinski definition) is 2. The lowest BCUT2D eigenvalue weighted by Crippen LogP contribution is -2.49. The van der Waals surface area contributed by atoms with Crippen molar-refractivity contribution in [1.82, 2.24) is 9.88 Å². The molecule has 8 nitrogen and oxygen atoms in total. The number of hydrogen-bond acceptors (Lipinski definition) is 6. The summed E-state index contributed by atoms with van der Waals surface area (Å²) in [6, 6.07) is 12.7. The number of piperazine rings is 1. The van der Waals surface area contributed by atoms with E-state index in [-0.39, 0.29) is 12.3 Å². The molecule has 0 spiro atoms. The van der Waals surface area contributed by atoms with Gasteiger partial charge in [0.2, 0.25) is 5.91 Å². The molecule has 1 aliphatic heterocycles. The van der Waals surface area contributed by atoms with Crippen LogP contribution in [0.15, 0.2) is 48.7 Å². The van der Waals surface area contributed by atoms with Crippen LogP contribution in [-0.4, -0.2) is 66.7 Å². The third kappa shape index (κ3) is 5.92. The molecule has 1 aliphatic rings. The highest BCUT2D eigenvalue weighted by Gasteiger charge is 2.26. The highest BCUT2D eigenvalue weighted by Crippen LogP contribution is 2.17. The van der Waals surface area contributed by atoms with Crippen molar-refractivity contribution in [3.05, 3.63) is 48.7 Å². The molecule has 2 heterocycles. The number of methoxy groups -OCH3 is 1. The smallest absolute Gasteiger partial charge is 0.308 e. The van der Waals surface area contributed by atoms with E-state index in [0.29, 0.717) is 18.0 Å². The van der Waals surface area contributed by atoms with Gasteiger partial charge in [-0.2, -0.15) is 0 Å². The Hall–Kier alpha value is -3.13. The average Bonchev–Trinajstić information content (AvgIpc) is 2.75. The second-order valence-electron chi connectivity index (χ2n) is 6.99. The molecule has 2 N–H and O–H groups in total. The standard InChI is InChI=1S/C21H26N4O4/c1-29-18-7-5-17(6-8-18)23-20(26)14-16(21(27)28)15-24-10-12-25(13-11-24)19-4-2-3-9-22-19/h2-9,16H,10-15H2,1H3,(H,23,26)(H,27,28). The number of benzene rings is 1. The summed E-state index contributed by atoms with van der Waals surface area (Å²) in [6.07, 6.45) is 1.70. The van der Waals surface area contributed by atoms with Gasteiger partial charge in [0, 0.05) is 51.0 Å². The Bertz CT molecular complexity index is 805. The molecule has 1 fully saturated rings. The van der Waals surface area contributed by atoms with E-state index in [1.807, 2.05) is 18.2 Å². The first kappa shape index (κ1) is 20.6. The summed E-state index contributed by atoms with van der Waals surface area (Å²) in [5, 5.41) is 12.3. The number of amides is 1. The molecule has 1 saturated heterocycles. The van der Waals surface area contributed by atoms with Gasteiger partial charge in [0.05, 0.1) is 13.0 Å². The lowest BCUT2D eigenvalue weighted by atomic mass is 10.0. The molecule has 1 unspecified atom stereocenters. The van der Waals surface area contributed by atoms with Crippen LogP contribution in [0.5, 0.6) is 5.75 Å². The Balaban J connectivity index is 1.49. The highest BCUT2D eigenvalue weighted by molar-refractivity contribution is 5.93. The zero-order valence-electron chi connectivity index (χ0n) is 16.5. The van der Waals surface area contributed by atoms with Crippen LogP contribution in [0, 0.1) is 5.92 Å². The number of nitrogens with one attached hydrogen (secondary N) is 1. The molecule has 0 aliphatic carbocycles. The predicted molar refractivity (Wildman–Crippen MR) is 110 cm³/mol. The van der Waals surface area contributed by atoms with E-state index in [0.717, 1.165) is 32.0 Å². The van der Waals surface area contributed by atoms with Crippen molar-refractivity contribution in [3.63, 3.8) is 0 Å². The summed E-state index contributed by atoms with van der Waals surface area (Å²) < 4.78 is 5.09. The molecular formula is C21H26N4O4. The maximum absolute atomic E-state index is 12.3. The first-order valence-electron chi connectivity index (χ1n) is 9.60. The number of carbonyl (C=O) groups is 2. The lowest BCUT2D eigenvalue weighted by Gasteiger charge is -2.36. The molecule has 1 aromatic carbocycles. The number of nitrogens with zero attached hydrogens (tertiary/aromatic N) is 3. The van der Waals surface area contributed by atoms with E-state index in [2.05, 4.69) is 20.1 Å². The van der Waals surface area contributed by atoms with Gasteiger partial charge in [-0.3, -0.25) is 14.5 Å². The zero-order valence-corrected chi connectivity index (χ0v) is 16.5. The van der Waals surface area contributed by atoms with Gasteiger partial charge in [-0.1, -0.05) is 6.07 Å². The number of carboxylic acid groups (broad SMARTS) is 1. The Labute approximate surface area is 170 Å². The summed E-state index contributed by atoms with van der Waals surface area (Å²) in [7, 11) is 1.57. The second-order valence-corrected chi connectivity index (χ2v) is 6.99. The Morgan fingerprint density at radius 2 is 1.86 bits per heavy atom. The first-order chi connectivity index (χ1) is 14.0. The molecule has 1 amide bonds. The van der Waals surface area contributed by atoms with Crippen LogP contribution in [0.3, 0.4) is 0 Å². The minimum absolute atomic E-state index is 0.0676. The van der Waals surface area contributed by atoms with E-state index in [4.69, 9.17) is 4.74 Å². The zero-order chi connectivity index (χ0) is 20.6. The average molecular weight is 398 g/mol. The third-order valence-corrected chi connectivity index (χ3v) is 4.98. The number of aliphatic carboxylic acids is 1. The van der Waals surface area contributed by atoms with E-state index in [1.165, 1.54) is 0 Å². The molecule has 29 heavy (non-hydrogen) atoms. The van der Waals surface area contributed by atoms with Crippen LogP contribution in [0.1, 0.15) is 6.42 Å². The summed E-state index contributed by atoms with van der Waals surface area (Å²) in [5.74, 6) is -0.400. The largest absolute Gasteiger partial charge is 0.497 e. The van der Waals surface area contributed by atoms with E-state index < -0.39 is 11.9 Å². The fourth-order valence-corrected chi connectivity index (χ4v) is 3.35. The van der Waals surface area contributed by atoms with Gasteiger partial charge >= 0.3 is 5.97 Å². The second kappa shape index (κ2) is 9.88. The first-order valence-corrected chi connectivity index (χ1v) is 9.60. The normalized spacial score (nSPS) is 15.6. The van der Waals surface area contributed by atoms with Gasteiger partial charge in [-0.05, 0) is 36.4 Å². The van der Waals surface area contributed by atoms with Gasteiger partial charge in [0.15, 0.2) is 0 Å². The van der Waals surface area contributed by atoms with Crippen LogP contribution in [0.25, 0.3) is 0 Å². The van der Waals surface area contributed by atoms with Gasteiger partial charge in [0.1, 0.15) is 11.6 Å². The van der Waals surface area contributed by atoms with Crippen molar-refractivity contribution in [2.75, 3.05) is 50.1 Å². The molecule has 1 aromatic heterocycles. The van der Waals surface area contributed by atoms with Gasteiger partial charge in [0.25, 0.3) is 0 Å². The third-order valence-electron chi connectivity index (χ3n) is 4.98. The van der Waals surface area contributed by atoms with Crippen molar-refractivity contribution in [2.24, 2.45) is 5.92 Å². The molecule has 3 rings (SSSR count). The highest BCUT2D eigenvalue weighted by atomic mass is 16.5. The number of anilines is 2. The molecule has 154 valence electrons. The monoisotopic (exact) mass is 398 g/mol. The van der Waals surface area contributed by atoms with Crippen LogP contribution >= 0.6 is 0 Å². The molecule has 0 bridgehead atoms. The Kier molecular flexibility index (Phi) is 7.02. The van der Waals surface area contributed by atoms with Gasteiger partial charge in [-0.15, -0.1) is 0 Å². The van der Waals surface area contributed by atoms with Gasteiger partial charge < -0.3 is 20.1 Å². The minimum atomic E-state index is -0.956. The Morgan fingerprint density at radius 1 is 1.14 bits per heavy atom. The maximum atomic E-state index is 12.3.